The number of rotatable bonds is 7. The van der Waals surface area contributed by atoms with Crippen molar-refractivity contribution in [2.75, 3.05) is 7.11 Å². The number of hydrogen-bond acceptors (Lipinski definition) is 5. The standard InChI is InChI=1S/C15H15NO4S/c1-19-9-12-13(7-8-15(17)18)21-14(16-12)10-20-11-5-3-2-4-6-11/h2-8H,9-10H2,1H3,(H,17,18)/b8-7+. The number of hydrogen-bond donors (Lipinski definition) is 1. The first-order valence-corrected chi connectivity index (χ1v) is 7.07. The maximum absolute atomic E-state index is 10.6. The summed E-state index contributed by atoms with van der Waals surface area (Å²) in [5.41, 5.74) is 0.715. The molecule has 21 heavy (non-hydrogen) atoms. The molecule has 0 aliphatic rings. The number of nitrogens with zero attached hydrogens (tertiary/aromatic N) is 1. The van der Waals surface area contributed by atoms with E-state index in [4.69, 9.17) is 14.6 Å². The number of carboxylic acid groups (broad SMARTS) is 1. The number of methoxy groups -OCH3 is 1. The number of carboxylic acids is 1. The van der Waals surface area contributed by atoms with Crippen LogP contribution >= 0.6 is 11.3 Å². The van der Waals surface area contributed by atoms with Gasteiger partial charge >= 0.3 is 5.97 Å². The van der Waals surface area contributed by atoms with Crippen LogP contribution in [0.25, 0.3) is 6.08 Å². The lowest BCUT2D eigenvalue weighted by molar-refractivity contribution is -0.131. The van der Waals surface area contributed by atoms with Crippen molar-refractivity contribution in [1.29, 1.82) is 0 Å². The fraction of sp³-hybridized carbons (Fsp3) is 0.200. The highest BCUT2D eigenvalue weighted by Crippen LogP contribution is 2.22. The second-order valence-electron chi connectivity index (χ2n) is 4.12. The zero-order valence-corrected chi connectivity index (χ0v) is 12.3. The lowest BCUT2D eigenvalue weighted by Gasteiger charge is -2.02. The van der Waals surface area contributed by atoms with E-state index in [1.807, 2.05) is 30.3 Å². The van der Waals surface area contributed by atoms with Gasteiger partial charge in [0.2, 0.25) is 0 Å². The van der Waals surface area contributed by atoms with Gasteiger partial charge in [-0.3, -0.25) is 0 Å². The van der Waals surface area contributed by atoms with Crippen LogP contribution in [0.1, 0.15) is 15.6 Å². The lowest BCUT2D eigenvalue weighted by atomic mass is 10.3. The molecule has 0 unspecified atom stereocenters. The van der Waals surface area contributed by atoms with Gasteiger partial charge in [0.1, 0.15) is 17.4 Å². The van der Waals surface area contributed by atoms with Gasteiger partial charge in [-0.15, -0.1) is 11.3 Å². The summed E-state index contributed by atoms with van der Waals surface area (Å²) in [7, 11) is 1.57. The highest BCUT2D eigenvalue weighted by Gasteiger charge is 2.10. The Bertz CT molecular complexity index is 622. The van der Waals surface area contributed by atoms with Crippen LogP contribution < -0.4 is 4.74 Å². The molecule has 0 amide bonds. The van der Waals surface area contributed by atoms with Crippen LogP contribution in [0.5, 0.6) is 5.75 Å². The first-order valence-electron chi connectivity index (χ1n) is 6.25. The maximum atomic E-state index is 10.6. The maximum Gasteiger partial charge on any atom is 0.328 e. The lowest BCUT2D eigenvalue weighted by Crippen LogP contribution is -1.96. The minimum atomic E-state index is -0.992. The summed E-state index contributed by atoms with van der Waals surface area (Å²) in [4.78, 5) is 15.8. The summed E-state index contributed by atoms with van der Waals surface area (Å²) >= 11 is 1.39. The molecule has 1 aromatic heterocycles. The average molecular weight is 305 g/mol. The third-order valence-electron chi connectivity index (χ3n) is 2.54. The Morgan fingerprint density at radius 1 is 1.33 bits per heavy atom. The highest BCUT2D eigenvalue weighted by molar-refractivity contribution is 7.12. The van der Waals surface area contributed by atoms with Gasteiger partial charge in [-0.25, -0.2) is 9.78 Å². The van der Waals surface area contributed by atoms with Crippen molar-refractivity contribution >= 4 is 23.4 Å². The molecular formula is C15H15NO4S. The fourth-order valence-corrected chi connectivity index (χ4v) is 2.54. The van der Waals surface area contributed by atoms with E-state index < -0.39 is 5.97 Å². The van der Waals surface area contributed by atoms with E-state index in [-0.39, 0.29) is 0 Å². The molecule has 0 atom stereocenters. The first-order chi connectivity index (χ1) is 10.2. The van der Waals surface area contributed by atoms with E-state index in [1.165, 1.54) is 17.4 Å². The predicted octanol–water partition coefficient (Wildman–Crippen LogP) is 2.97. The molecule has 0 aliphatic heterocycles. The quantitative estimate of drug-likeness (QED) is 0.796. The summed E-state index contributed by atoms with van der Waals surface area (Å²) in [6.45, 7) is 0.674. The van der Waals surface area contributed by atoms with Crippen molar-refractivity contribution in [3.05, 3.63) is 52.0 Å². The van der Waals surface area contributed by atoms with Gasteiger partial charge in [-0.05, 0) is 18.2 Å². The minimum Gasteiger partial charge on any atom is -0.486 e. The first kappa shape index (κ1) is 15.2. The number of aromatic nitrogens is 1. The molecule has 2 aromatic rings. The average Bonchev–Trinajstić information content (AvgIpc) is 2.87. The number of benzene rings is 1. The number of thiazole rings is 1. The third kappa shape index (κ3) is 4.70. The molecule has 0 fully saturated rings. The van der Waals surface area contributed by atoms with Gasteiger partial charge in [0.05, 0.1) is 17.2 Å². The number of para-hydroxylation sites is 1. The van der Waals surface area contributed by atoms with Crippen molar-refractivity contribution in [3.8, 4) is 5.75 Å². The van der Waals surface area contributed by atoms with Gasteiger partial charge in [0, 0.05) is 13.2 Å². The van der Waals surface area contributed by atoms with Crippen LogP contribution in [0.4, 0.5) is 0 Å². The minimum absolute atomic E-state index is 0.334. The topological polar surface area (TPSA) is 68.7 Å². The van der Waals surface area contributed by atoms with Crippen LogP contribution in [0.15, 0.2) is 36.4 Å². The van der Waals surface area contributed by atoms with Gasteiger partial charge in [-0.1, -0.05) is 18.2 Å². The molecule has 0 aliphatic carbocycles. The molecule has 0 saturated carbocycles. The van der Waals surface area contributed by atoms with Crippen molar-refractivity contribution in [2.24, 2.45) is 0 Å². The van der Waals surface area contributed by atoms with Crippen molar-refractivity contribution in [1.82, 2.24) is 4.98 Å². The largest absolute Gasteiger partial charge is 0.486 e. The molecule has 0 radical (unpaired) electrons. The number of carbonyl (C=O) groups is 1. The number of aliphatic carboxylic acids is 1. The van der Waals surface area contributed by atoms with Crippen LogP contribution in [-0.2, 0) is 22.7 Å². The van der Waals surface area contributed by atoms with E-state index in [2.05, 4.69) is 4.98 Å². The van der Waals surface area contributed by atoms with E-state index in [1.54, 1.807) is 7.11 Å². The molecule has 1 N–H and O–H groups in total. The molecule has 1 heterocycles. The normalized spacial score (nSPS) is 10.9. The second kappa shape index (κ2) is 7.56. The molecule has 1 aromatic carbocycles. The smallest absolute Gasteiger partial charge is 0.328 e. The zero-order valence-electron chi connectivity index (χ0n) is 11.5. The Balaban J connectivity index is 2.09. The monoisotopic (exact) mass is 305 g/mol. The van der Waals surface area contributed by atoms with Crippen molar-refractivity contribution < 1.29 is 19.4 Å². The highest BCUT2D eigenvalue weighted by atomic mass is 32.1. The Kier molecular flexibility index (Phi) is 5.48. The Morgan fingerprint density at radius 2 is 2.10 bits per heavy atom. The second-order valence-corrected chi connectivity index (χ2v) is 5.24. The van der Waals surface area contributed by atoms with Crippen LogP contribution in [0, 0.1) is 0 Å². The van der Waals surface area contributed by atoms with E-state index >= 15 is 0 Å². The van der Waals surface area contributed by atoms with Crippen LogP contribution in [-0.4, -0.2) is 23.2 Å². The molecule has 2 rings (SSSR count). The van der Waals surface area contributed by atoms with Gasteiger partial charge in [-0.2, -0.15) is 0 Å². The van der Waals surface area contributed by atoms with E-state index in [0.717, 1.165) is 21.7 Å². The fourth-order valence-electron chi connectivity index (χ4n) is 1.66. The summed E-state index contributed by atoms with van der Waals surface area (Å²) in [6, 6.07) is 9.45. The SMILES string of the molecule is COCc1nc(COc2ccccc2)sc1/C=C/C(=O)O. The zero-order chi connectivity index (χ0) is 15.1. The van der Waals surface area contributed by atoms with Gasteiger partial charge < -0.3 is 14.6 Å². The van der Waals surface area contributed by atoms with E-state index in [9.17, 15) is 4.79 Å². The predicted molar refractivity (Wildman–Crippen MR) is 80.3 cm³/mol. The summed E-state index contributed by atoms with van der Waals surface area (Å²) in [6.07, 6.45) is 2.62. The van der Waals surface area contributed by atoms with E-state index in [0.29, 0.717) is 18.9 Å². The van der Waals surface area contributed by atoms with Crippen molar-refractivity contribution in [2.45, 2.75) is 13.2 Å². The molecule has 5 nitrogen and oxygen atoms in total. The summed E-state index contributed by atoms with van der Waals surface area (Å²) in [5, 5.41) is 9.47. The number of ether oxygens (including phenoxy) is 2. The Hall–Kier alpha value is -2.18. The van der Waals surface area contributed by atoms with Crippen molar-refractivity contribution in [3.63, 3.8) is 0 Å². The van der Waals surface area contributed by atoms with Crippen LogP contribution in [0.2, 0.25) is 0 Å². The summed E-state index contributed by atoms with van der Waals surface area (Å²) in [5.74, 6) is -0.225. The van der Waals surface area contributed by atoms with Gasteiger partial charge in [0.15, 0.2) is 0 Å². The third-order valence-corrected chi connectivity index (χ3v) is 3.57. The Labute approximate surface area is 126 Å². The molecule has 0 saturated heterocycles. The Morgan fingerprint density at radius 3 is 2.76 bits per heavy atom. The van der Waals surface area contributed by atoms with Gasteiger partial charge in [0.25, 0.3) is 0 Å². The molecular weight excluding hydrogens is 290 g/mol. The molecule has 6 heteroatoms. The molecule has 110 valence electrons. The summed E-state index contributed by atoms with van der Waals surface area (Å²) < 4.78 is 10.7. The molecule has 0 bridgehead atoms. The molecule has 0 spiro atoms. The van der Waals surface area contributed by atoms with Crippen LogP contribution in [0.3, 0.4) is 0 Å².